The number of H-pyrrole nitrogens is 1. The molecule has 1 heterocycles. The van der Waals surface area contributed by atoms with Gasteiger partial charge >= 0.3 is 6.18 Å². The molecular formula is C19H15ClF6N2S. The number of nitrogens with one attached hydrogen (secondary N) is 2. The average Bonchev–Trinajstić information content (AvgIpc) is 3.11. The van der Waals surface area contributed by atoms with Crippen LogP contribution in [0.5, 0.6) is 0 Å². The van der Waals surface area contributed by atoms with E-state index in [4.69, 9.17) is 11.6 Å². The molecule has 0 unspecified atom stereocenters. The molecule has 0 aliphatic rings. The molecule has 3 aromatic rings. The molecular weight excluding hydrogens is 438 g/mol. The van der Waals surface area contributed by atoms with Crippen molar-refractivity contribution in [1.29, 1.82) is 0 Å². The van der Waals surface area contributed by atoms with Gasteiger partial charge in [-0.3, -0.25) is 0 Å². The average molecular weight is 453 g/mol. The standard InChI is InChI=1S/C17H9ClF6N2S.C2H6/c18-8-1-2-10(12(19)3-8)15-4-9(7-25-15)27-26-16-6-13(20)11(5-14(16)21)17(22,23)24;1-2/h1-7,25-26H;1-2H3. The van der Waals surface area contributed by atoms with Crippen LogP contribution in [0.1, 0.15) is 19.4 Å². The highest BCUT2D eigenvalue weighted by molar-refractivity contribution is 8.00. The Hall–Kier alpha value is -2.26. The van der Waals surface area contributed by atoms with E-state index in [1.807, 2.05) is 13.8 Å². The van der Waals surface area contributed by atoms with Crippen molar-refractivity contribution in [3.8, 4) is 11.3 Å². The maximum absolute atomic E-state index is 13.9. The first-order valence-electron chi connectivity index (χ1n) is 8.28. The van der Waals surface area contributed by atoms with Crippen LogP contribution in [0.15, 0.2) is 47.5 Å². The third-order valence-corrected chi connectivity index (χ3v) is 4.55. The number of alkyl halides is 3. The molecule has 1 aromatic heterocycles. The zero-order valence-electron chi connectivity index (χ0n) is 15.1. The largest absolute Gasteiger partial charge is 0.419 e. The number of anilines is 1. The van der Waals surface area contributed by atoms with Gasteiger partial charge in [-0.25, -0.2) is 13.2 Å². The van der Waals surface area contributed by atoms with E-state index in [-0.39, 0.29) is 16.7 Å². The molecule has 29 heavy (non-hydrogen) atoms. The second kappa shape index (κ2) is 9.49. The van der Waals surface area contributed by atoms with Crippen molar-refractivity contribution in [1.82, 2.24) is 4.98 Å². The van der Waals surface area contributed by atoms with Gasteiger partial charge in [0.05, 0.1) is 11.3 Å². The van der Waals surface area contributed by atoms with Gasteiger partial charge in [-0.15, -0.1) is 0 Å². The van der Waals surface area contributed by atoms with E-state index in [0.29, 0.717) is 16.7 Å². The summed E-state index contributed by atoms with van der Waals surface area (Å²) in [6, 6.07) is 6.16. The Labute approximate surface area is 172 Å². The van der Waals surface area contributed by atoms with E-state index in [0.717, 1.165) is 18.0 Å². The first kappa shape index (κ1) is 23.0. The second-order valence-electron chi connectivity index (χ2n) is 5.39. The van der Waals surface area contributed by atoms with Gasteiger partial charge in [0.1, 0.15) is 17.5 Å². The van der Waals surface area contributed by atoms with E-state index in [1.54, 1.807) is 0 Å². The molecule has 10 heteroatoms. The van der Waals surface area contributed by atoms with Gasteiger partial charge < -0.3 is 9.71 Å². The molecule has 2 nitrogen and oxygen atoms in total. The van der Waals surface area contributed by atoms with Crippen LogP contribution in [-0.4, -0.2) is 4.98 Å². The summed E-state index contributed by atoms with van der Waals surface area (Å²) in [5.74, 6) is -3.40. The summed E-state index contributed by atoms with van der Waals surface area (Å²) in [4.78, 5) is 3.28. The minimum absolute atomic E-state index is 0.0872. The van der Waals surface area contributed by atoms with Gasteiger partial charge in [-0.05, 0) is 42.3 Å². The lowest BCUT2D eigenvalue weighted by molar-refractivity contribution is -0.140. The quantitative estimate of drug-likeness (QED) is 0.311. The molecule has 0 radical (unpaired) electrons. The lowest BCUT2D eigenvalue weighted by atomic mass is 10.1. The molecule has 2 N–H and O–H groups in total. The molecule has 3 rings (SSSR count). The molecule has 0 spiro atoms. The monoisotopic (exact) mass is 452 g/mol. The van der Waals surface area contributed by atoms with Crippen LogP contribution >= 0.6 is 23.5 Å². The molecule has 156 valence electrons. The molecule has 0 saturated carbocycles. The summed E-state index contributed by atoms with van der Waals surface area (Å²) >= 11 is 6.51. The highest BCUT2D eigenvalue weighted by atomic mass is 35.5. The van der Waals surface area contributed by atoms with E-state index in [1.165, 1.54) is 24.4 Å². The number of aromatic nitrogens is 1. The van der Waals surface area contributed by atoms with Gasteiger partial charge in [-0.1, -0.05) is 25.4 Å². The Morgan fingerprint density at radius 1 is 0.931 bits per heavy atom. The highest BCUT2D eigenvalue weighted by Gasteiger charge is 2.35. The van der Waals surface area contributed by atoms with Gasteiger partial charge in [0.2, 0.25) is 0 Å². The molecule has 2 aromatic carbocycles. The summed E-state index contributed by atoms with van der Waals surface area (Å²) in [6.07, 6.45) is -3.52. The number of hydrogen-bond acceptors (Lipinski definition) is 2. The fraction of sp³-hybridized carbons (Fsp3) is 0.158. The van der Waals surface area contributed by atoms with Gasteiger partial charge in [0, 0.05) is 33.4 Å². The van der Waals surface area contributed by atoms with Crippen molar-refractivity contribution in [3.05, 3.63) is 70.6 Å². The van der Waals surface area contributed by atoms with E-state index in [9.17, 15) is 26.3 Å². The second-order valence-corrected chi connectivity index (χ2v) is 6.70. The third-order valence-electron chi connectivity index (χ3n) is 3.52. The fourth-order valence-electron chi connectivity index (χ4n) is 2.25. The zero-order chi connectivity index (χ0) is 21.8. The molecule has 0 fully saturated rings. The minimum atomic E-state index is -4.99. The first-order valence-corrected chi connectivity index (χ1v) is 9.47. The summed E-state index contributed by atoms with van der Waals surface area (Å²) < 4.78 is 81.4. The van der Waals surface area contributed by atoms with Crippen molar-refractivity contribution in [2.45, 2.75) is 24.9 Å². The molecule has 0 saturated heterocycles. The van der Waals surface area contributed by atoms with Crippen LogP contribution in [0.4, 0.5) is 32.0 Å². The van der Waals surface area contributed by atoms with E-state index in [2.05, 4.69) is 9.71 Å². The highest BCUT2D eigenvalue weighted by Crippen LogP contribution is 2.35. The van der Waals surface area contributed by atoms with Crippen LogP contribution in [0.2, 0.25) is 5.02 Å². The number of hydrogen-bond donors (Lipinski definition) is 2. The number of rotatable bonds is 4. The molecule has 0 aliphatic heterocycles. The SMILES string of the molecule is CC.Fc1cc(C(F)(F)F)c(F)cc1NSc1c[nH]c(-c2ccc(Cl)cc2F)c1. The first-order chi connectivity index (χ1) is 13.6. The number of halogens is 7. The van der Waals surface area contributed by atoms with Crippen LogP contribution < -0.4 is 4.72 Å². The van der Waals surface area contributed by atoms with Crippen LogP contribution in [0.25, 0.3) is 11.3 Å². The van der Waals surface area contributed by atoms with Gasteiger partial charge in [-0.2, -0.15) is 13.2 Å². The Morgan fingerprint density at radius 3 is 2.24 bits per heavy atom. The molecule has 0 atom stereocenters. The predicted octanol–water partition coefficient (Wildman–Crippen LogP) is 7.92. The molecule has 0 bridgehead atoms. The normalized spacial score (nSPS) is 11.1. The third kappa shape index (κ3) is 5.63. The molecule has 0 amide bonds. The fourth-order valence-corrected chi connectivity index (χ4v) is 3.09. The summed E-state index contributed by atoms with van der Waals surface area (Å²) in [5.41, 5.74) is -1.48. The summed E-state index contributed by atoms with van der Waals surface area (Å²) in [6.45, 7) is 4.00. The number of benzene rings is 2. The van der Waals surface area contributed by atoms with Crippen molar-refractivity contribution < 1.29 is 26.3 Å². The van der Waals surface area contributed by atoms with Crippen molar-refractivity contribution in [2.75, 3.05) is 4.72 Å². The van der Waals surface area contributed by atoms with Crippen LogP contribution in [-0.2, 0) is 6.18 Å². The smallest absolute Gasteiger partial charge is 0.360 e. The van der Waals surface area contributed by atoms with Gasteiger partial charge in [0.25, 0.3) is 0 Å². The maximum Gasteiger partial charge on any atom is 0.419 e. The van der Waals surface area contributed by atoms with Crippen molar-refractivity contribution >= 4 is 29.2 Å². The topological polar surface area (TPSA) is 27.8 Å². The van der Waals surface area contributed by atoms with E-state index < -0.39 is 34.9 Å². The maximum atomic E-state index is 13.9. The lowest BCUT2D eigenvalue weighted by Crippen LogP contribution is -2.09. The number of aromatic amines is 1. The minimum Gasteiger partial charge on any atom is -0.360 e. The van der Waals surface area contributed by atoms with Gasteiger partial charge in [0.15, 0.2) is 0 Å². The Balaban J connectivity index is 0.00000145. The Morgan fingerprint density at radius 2 is 1.62 bits per heavy atom. The molecule has 0 aliphatic carbocycles. The summed E-state index contributed by atoms with van der Waals surface area (Å²) in [5, 5.41) is 0.235. The van der Waals surface area contributed by atoms with Crippen LogP contribution in [0.3, 0.4) is 0 Å². The van der Waals surface area contributed by atoms with Crippen molar-refractivity contribution in [2.24, 2.45) is 0 Å². The van der Waals surface area contributed by atoms with E-state index >= 15 is 0 Å². The lowest BCUT2D eigenvalue weighted by Gasteiger charge is -2.11. The van der Waals surface area contributed by atoms with Crippen molar-refractivity contribution in [3.63, 3.8) is 0 Å². The predicted molar refractivity (Wildman–Crippen MR) is 103 cm³/mol. The summed E-state index contributed by atoms with van der Waals surface area (Å²) in [7, 11) is 0. The zero-order valence-corrected chi connectivity index (χ0v) is 16.7. The Bertz CT molecular complexity index is 987. The Kier molecular flexibility index (Phi) is 7.54. The van der Waals surface area contributed by atoms with Crippen LogP contribution in [0, 0.1) is 17.5 Å².